The van der Waals surface area contributed by atoms with Crippen molar-refractivity contribution in [3.63, 3.8) is 0 Å². The largest absolute Gasteiger partial charge is 0.486 e. The molecule has 14 heteroatoms. The van der Waals surface area contributed by atoms with Crippen LogP contribution in [0.15, 0.2) is 41.2 Å². The summed E-state index contributed by atoms with van der Waals surface area (Å²) in [6.07, 6.45) is -2.71. The quantitative estimate of drug-likeness (QED) is 0.263. The van der Waals surface area contributed by atoms with E-state index in [0.29, 0.717) is 29.6 Å². The third-order valence-corrected chi connectivity index (χ3v) is 7.05. The van der Waals surface area contributed by atoms with Gasteiger partial charge in [-0.3, -0.25) is 14.5 Å². The molecule has 2 aromatic carbocycles. The Bertz CT molecular complexity index is 1680. The number of esters is 1. The van der Waals surface area contributed by atoms with Crippen LogP contribution in [0.25, 0.3) is 21.8 Å². The third kappa shape index (κ3) is 5.34. The molecular weight excluding hydrogens is 549 g/mol. The van der Waals surface area contributed by atoms with Crippen LogP contribution in [-0.4, -0.2) is 68.9 Å². The lowest BCUT2D eigenvalue weighted by molar-refractivity contribution is -0.146. The number of likely N-dealkylation sites (tertiary alicyclic amines) is 1. The molecule has 5 rings (SSSR count). The molecule has 1 aliphatic rings. The van der Waals surface area contributed by atoms with E-state index in [-0.39, 0.29) is 77.6 Å². The minimum atomic E-state index is -2.74. The molecule has 10 nitrogen and oxygen atoms in total. The molecule has 1 saturated heterocycles. The van der Waals surface area contributed by atoms with Crippen LogP contribution in [0.2, 0.25) is 0 Å². The van der Waals surface area contributed by atoms with Gasteiger partial charge in [0.15, 0.2) is 12.3 Å². The first-order valence-electron chi connectivity index (χ1n) is 12.4. The maximum absolute atomic E-state index is 14.2. The Morgan fingerprint density at radius 3 is 2.67 bits per heavy atom. The van der Waals surface area contributed by atoms with Crippen molar-refractivity contribution in [2.24, 2.45) is 0 Å². The van der Waals surface area contributed by atoms with Crippen molar-refractivity contribution in [1.29, 1.82) is 5.26 Å². The van der Waals surface area contributed by atoms with Gasteiger partial charge in [-0.25, -0.2) is 22.4 Å². The molecule has 0 atom stereocenters. The lowest BCUT2D eigenvalue weighted by Crippen LogP contribution is -2.52. The van der Waals surface area contributed by atoms with E-state index in [4.69, 9.17) is 9.47 Å². The number of benzene rings is 2. The van der Waals surface area contributed by atoms with Crippen molar-refractivity contribution < 1.29 is 26.9 Å². The van der Waals surface area contributed by atoms with Crippen molar-refractivity contribution in [2.75, 3.05) is 32.8 Å². The Labute approximate surface area is 230 Å². The number of carbonyl (C=O) groups is 1. The second-order valence-electron chi connectivity index (χ2n) is 9.11. The Morgan fingerprint density at radius 1 is 1.25 bits per heavy atom. The number of rotatable bonds is 10. The van der Waals surface area contributed by atoms with Crippen LogP contribution in [0.3, 0.4) is 0 Å². The topological polar surface area (TPSA) is 115 Å². The monoisotopic (exact) mass is 572 g/mol. The molecule has 0 radical (unpaired) electrons. The molecule has 0 saturated carbocycles. The molecule has 0 aliphatic carbocycles. The zero-order valence-electron chi connectivity index (χ0n) is 21.2. The van der Waals surface area contributed by atoms with Gasteiger partial charge in [-0.2, -0.15) is 10.4 Å². The fourth-order valence-corrected chi connectivity index (χ4v) is 5.10. The number of aromatic nitrogens is 4. The Morgan fingerprint density at radius 2 is 2.00 bits per heavy atom. The van der Waals surface area contributed by atoms with Gasteiger partial charge in [0, 0.05) is 24.5 Å². The Hall–Kier alpha value is -4.09. The van der Waals surface area contributed by atoms with Crippen LogP contribution in [0.1, 0.15) is 30.0 Å². The van der Waals surface area contributed by atoms with Crippen molar-refractivity contribution in [3.05, 3.63) is 63.8 Å². The number of nitrogens with zero attached hydrogens (tertiary/aromatic N) is 6. The molecule has 3 heterocycles. The fraction of sp³-hybridized carbons (Fsp3) is 0.346. The summed E-state index contributed by atoms with van der Waals surface area (Å²) in [7, 11) is 0. The van der Waals surface area contributed by atoms with E-state index in [9.17, 15) is 27.5 Å². The number of halogens is 3. The van der Waals surface area contributed by atoms with Gasteiger partial charge in [-0.1, -0.05) is 18.2 Å². The minimum Gasteiger partial charge on any atom is -0.486 e. The summed E-state index contributed by atoms with van der Waals surface area (Å²) >= 11 is -0.124. The lowest BCUT2D eigenvalue weighted by atomic mass is 10.1. The SMILES string of the molecule is CCOC(=O)CN1CC(n2nc(Cc3nc4cc(OCC(F)F)c(C#N)cc4n3SF)c3ccccc3c2=O)C1. The van der Waals surface area contributed by atoms with Crippen LogP contribution in [-0.2, 0) is 16.0 Å². The second-order valence-corrected chi connectivity index (χ2v) is 9.62. The summed E-state index contributed by atoms with van der Waals surface area (Å²) in [6.45, 7) is 2.10. The standard InChI is InChI=1S/C26H23F3N6O4S/c1-2-38-25(36)13-33-11-16(12-33)34-26(37)18-6-4-3-5-17(18)19(32-34)9-24-31-20-8-22(39-14-23(27)28)15(10-30)7-21(20)35(24)40-29/h3-8,16,23H,2,9,11-14H2,1H3. The number of nitriles is 1. The number of hydrogen-bond acceptors (Lipinski definition) is 9. The average molecular weight is 573 g/mol. The Kier molecular flexibility index (Phi) is 7.95. The van der Waals surface area contributed by atoms with Crippen molar-refractivity contribution in [3.8, 4) is 11.8 Å². The number of alkyl halides is 2. The molecule has 0 amide bonds. The smallest absolute Gasteiger partial charge is 0.320 e. The van der Waals surface area contributed by atoms with Crippen molar-refractivity contribution in [1.82, 2.24) is 23.6 Å². The van der Waals surface area contributed by atoms with Gasteiger partial charge in [0.05, 0.1) is 53.3 Å². The van der Waals surface area contributed by atoms with Gasteiger partial charge in [-0.15, -0.1) is 3.89 Å². The van der Waals surface area contributed by atoms with Crippen molar-refractivity contribution >= 4 is 40.1 Å². The normalized spacial score (nSPS) is 14.0. The van der Waals surface area contributed by atoms with E-state index in [1.54, 1.807) is 31.2 Å². The van der Waals surface area contributed by atoms with Crippen molar-refractivity contribution in [2.45, 2.75) is 25.8 Å². The maximum Gasteiger partial charge on any atom is 0.320 e. The number of ether oxygens (including phenoxy) is 2. The molecule has 0 spiro atoms. The highest BCUT2D eigenvalue weighted by molar-refractivity contribution is 7.92. The van der Waals surface area contributed by atoms with E-state index in [0.717, 1.165) is 0 Å². The first-order chi connectivity index (χ1) is 19.3. The number of carbonyl (C=O) groups excluding carboxylic acids is 1. The molecular formula is C26H23F3N6O4S. The number of imidazole rings is 1. The van der Waals surface area contributed by atoms with Gasteiger partial charge in [0.1, 0.15) is 24.3 Å². The third-order valence-electron chi connectivity index (χ3n) is 6.51. The summed E-state index contributed by atoms with van der Waals surface area (Å²) in [5, 5.41) is 15.1. The molecule has 1 fully saturated rings. The predicted octanol–water partition coefficient (Wildman–Crippen LogP) is 3.65. The molecule has 4 aromatic rings. The maximum atomic E-state index is 14.2. The van der Waals surface area contributed by atoms with Gasteiger partial charge in [0.25, 0.3) is 12.0 Å². The summed E-state index contributed by atoms with van der Waals surface area (Å²) in [5.41, 5.74) is 0.654. The Balaban J connectivity index is 1.50. The fourth-order valence-electron chi connectivity index (χ4n) is 4.70. The minimum absolute atomic E-state index is 0.0285. The highest BCUT2D eigenvalue weighted by Gasteiger charge is 2.32. The molecule has 0 N–H and O–H groups in total. The highest BCUT2D eigenvalue weighted by atomic mass is 32.2. The molecule has 208 valence electrons. The first-order valence-corrected chi connectivity index (χ1v) is 13.0. The van der Waals surface area contributed by atoms with Crippen LogP contribution in [0.4, 0.5) is 12.7 Å². The van der Waals surface area contributed by atoms with Gasteiger partial charge in [-0.05, 0) is 19.1 Å². The van der Waals surface area contributed by atoms with Gasteiger partial charge >= 0.3 is 5.97 Å². The van der Waals surface area contributed by atoms with E-state index in [1.807, 2.05) is 11.0 Å². The van der Waals surface area contributed by atoms with E-state index in [2.05, 4.69) is 10.1 Å². The molecule has 2 aromatic heterocycles. The summed E-state index contributed by atoms with van der Waals surface area (Å²) in [4.78, 5) is 31.4. The van der Waals surface area contributed by atoms with Crippen LogP contribution in [0.5, 0.6) is 5.75 Å². The molecule has 40 heavy (non-hydrogen) atoms. The van der Waals surface area contributed by atoms with E-state index >= 15 is 0 Å². The summed E-state index contributed by atoms with van der Waals surface area (Å²) in [5.74, 6) is -0.187. The van der Waals surface area contributed by atoms with E-state index in [1.165, 1.54) is 20.8 Å². The van der Waals surface area contributed by atoms with Gasteiger partial charge < -0.3 is 9.47 Å². The summed E-state index contributed by atoms with van der Waals surface area (Å²) < 4.78 is 52.2. The zero-order valence-corrected chi connectivity index (χ0v) is 22.0. The highest BCUT2D eigenvalue weighted by Crippen LogP contribution is 2.31. The molecule has 1 aliphatic heterocycles. The van der Waals surface area contributed by atoms with Crippen LogP contribution < -0.4 is 10.3 Å². The van der Waals surface area contributed by atoms with Crippen LogP contribution >= 0.6 is 12.3 Å². The molecule has 0 unspecified atom stereocenters. The number of hydrogen-bond donors (Lipinski definition) is 0. The lowest BCUT2D eigenvalue weighted by Gasteiger charge is -2.38. The summed E-state index contributed by atoms with van der Waals surface area (Å²) in [6, 6.07) is 11.2. The predicted molar refractivity (Wildman–Crippen MR) is 141 cm³/mol. The number of fused-ring (bicyclic) bond motifs is 2. The molecule has 0 bridgehead atoms. The van der Waals surface area contributed by atoms with Crippen LogP contribution in [0, 0.1) is 11.3 Å². The second kappa shape index (κ2) is 11.6. The van der Waals surface area contributed by atoms with Gasteiger partial charge in [0.2, 0.25) is 0 Å². The zero-order chi connectivity index (χ0) is 28.4. The average Bonchev–Trinajstić information content (AvgIpc) is 3.26. The first kappa shape index (κ1) is 27.5. The van der Waals surface area contributed by atoms with E-state index < -0.39 is 13.0 Å².